The number of thiazole rings is 1. The van der Waals surface area contributed by atoms with Gasteiger partial charge in [0.05, 0.1) is 17.3 Å². The second-order valence-corrected chi connectivity index (χ2v) is 7.65. The molecule has 1 amide bonds. The summed E-state index contributed by atoms with van der Waals surface area (Å²) in [6.45, 7) is 7.08. The Bertz CT molecular complexity index is 973. The number of ether oxygens (including phenoxy) is 2. The van der Waals surface area contributed by atoms with Crippen molar-refractivity contribution in [1.29, 1.82) is 0 Å². The van der Waals surface area contributed by atoms with E-state index >= 15 is 0 Å². The molecule has 0 unspecified atom stereocenters. The van der Waals surface area contributed by atoms with Gasteiger partial charge >= 0.3 is 0 Å². The third kappa shape index (κ3) is 5.46. The molecule has 0 atom stereocenters. The van der Waals surface area contributed by atoms with E-state index in [4.69, 9.17) is 9.47 Å². The first-order valence-corrected chi connectivity index (χ1v) is 10.7. The van der Waals surface area contributed by atoms with E-state index in [1.807, 2.05) is 18.2 Å². The van der Waals surface area contributed by atoms with Crippen molar-refractivity contribution in [3.05, 3.63) is 48.3 Å². The monoisotopic (exact) mass is 431 g/mol. The maximum absolute atomic E-state index is 13.1. The molecule has 0 fully saturated rings. The number of anilines is 1. The highest BCUT2D eigenvalue weighted by atomic mass is 32.1. The predicted molar refractivity (Wildman–Crippen MR) is 118 cm³/mol. The fraction of sp³-hybridized carbons (Fsp3) is 0.364. The Balaban J connectivity index is 1.79. The summed E-state index contributed by atoms with van der Waals surface area (Å²) < 4.78 is 24.9. The highest BCUT2D eigenvalue weighted by Crippen LogP contribution is 2.31. The summed E-state index contributed by atoms with van der Waals surface area (Å²) in [5.41, 5.74) is 0.816. The molecule has 0 saturated carbocycles. The first-order valence-electron chi connectivity index (χ1n) is 9.89. The topological polar surface area (TPSA) is 54.9 Å². The zero-order valence-electron chi connectivity index (χ0n) is 17.4. The Hall–Kier alpha value is -2.71. The number of hydrogen-bond donors (Lipinski definition) is 0. The van der Waals surface area contributed by atoms with E-state index in [1.165, 1.54) is 35.6 Å². The maximum atomic E-state index is 13.1. The Kier molecular flexibility index (Phi) is 7.59. The molecule has 3 aromatic rings. The van der Waals surface area contributed by atoms with Crippen LogP contribution in [-0.2, 0) is 4.79 Å². The van der Waals surface area contributed by atoms with Crippen molar-refractivity contribution in [2.75, 3.05) is 44.8 Å². The van der Waals surface area contributed by atoms with Crippen LogP contribution in [0.25, 0.3) is 10.2 Å². The molecule has 0 spiro atoms. The molecule has 1 heterocycles. The molecular formula is C22H26FN3O3S. The second-order valence-electron chi connectivity index (χ2n) is 6.64. The van der Waals surface area contributed by atoms with Gasteiger partial charge in [0.15, 0.2) is 11.7 Å². The van der Waals surface area contributed by atoms with Gasteiger partial charge in [-0.2, -0.15) is 0 Å². The van der Waals surface area contributed by atoms with E-state index in [-0.39, 0.29) is 18.3 Å². The number of carbonyl (C=O) groups is 1. The Morgan fingerprint density at radius 1 is 1.07 bits per heavy atom. The number of halogens is 1. The molecule has 0 aliphatic heterocycles. The van der Waals surface area contributed by atoms with Gasteiger partial charge in [-0.05, 0) is 55.6 Å². The molecule has 0 aliphatic carbocycles. The van der Waals surface area contributed by atoms with Crippen molar-refractivity contribution in [1.82, 2.24) is 9.88 Å². The summed E-state index contributed by atoms with van der Waals surface area (Å²) in [5, 5.41) is 0.623. The SMILES string of the molecule is CCN(CC)CCN(C(=O)COc1ccc(F)cc1)c1nc2ccc(OC)cc2s1. The molecule has 30 heavy (non-hydrogen) atoms. The van der Waals surface area contributed by atoms with Gasteiger partial charge in [0.25, 0.3) is 5.91 Å². The van der Waals surface area contributed by atoms with Crippen LogP contribution < -0.4 is 14.4 Å². The quantitative estimate of drug-likeness (QED) is 0.482. The predicted octanol–water partition coefficient (Wildman–Crippen LogP) is 4.20. The summed E-state index contributed by atoms with van der Waals surface area (Å²) in [6, 6.07) is 11.3. The second kappa shape index (κ2) is 10.4. The summed E-state index contributed by atoms with van der Waals surface area (Å²) in [6.07, 6.45) is 0. The van der Waals surface area contributed by atoms with Gasteiger partial charge in [0, 0.05) is 13.1 Å². The van der Waals surface area contributed by atoms with Crippen LogP contribution in [0.15, 0.2) is 42.5 Å². The van der Waals surface area contributed by atoms with Crippen LogP contribution in [-0.4, -0.2) is 55.7 Å². The normalized spacial score (nSPS) is 11.1. The molecule has 2 aromatic carbocycles. The van der Waals surface area contributed by atoms with E-state index in [2.05, 4.69) is 23.7 Å². The van der Waals surface area contributed by atoms with Gasteiger partial charge in [-0.25, -0.2) is 9.37 Å². The molecule has 160 valence electrons. The fourth-order valence-corrected chi connectivity index (χ4v) is 4.03. The lowest BCUT2D eigenvalue weighted by Gasteiger charge is -2.24. The number of carbonyl (C=O) groups excluding carboxylic acids is 1. The Morgan fingerprint density at radius 3 is 2.43 bits per heavy atom. The van der Waals surface area contributed by atoms with E-state index in [9.17, 15) is 9.18 Å². The number of hydrogen-bond acceptors (Lipinski definition) is 6. The third-order valence-corrected chi connectivity index (χ3v) is 5.87. The standard InChI is InChI=1S/C22H26FN3O3S/c1-4-25(5-2)12-13-26(21(27)15-29-17-8-6-16(23)7-9-17)22-24-19-11-10-18(28-3)14-20(19)30-22/h6-11,14H,4-5,12-13,15H2,1-3H3. The molecule has 0 aliphatic rings. The number of aromatic nitrogens is 1. The number of benzene rings is 2. The van der Waals surface area contributed by atoms with E-state index < -0.39 is 0 Å². The molecule has 0 radical (unpaired) electrons. The van der Waals surface area contributed by atoms with Crippen LogP contribution in [0.5, 0.6) is 11.5 Å². The highest BCUT2D eigenvalue weighted by Gasteiger charge is 2.21. The molecule has 3 rings (SSSR count). The van der Waals surface area contributed by atoms with Crippen LogP contribution in [0.1, 0.15) is 13.8 Å². The summed E-state index contributed by atoms with van der Waals surface area (Å²) in [5.74, 6) is 0.651. The van der Waals surface area contributed by atoms with Crippen LogP contribution >= 0.6 is 11.3 Å². The lowest BCUT2D eigenvalue weighted by molar-refractivity contribution is -0.120. The number of fused-ring (bicyclic) bond motifs is 1. The molecule has 8 heteroatoms. The third-order valence-electron chi connectivity index (χ3n) is 4.83. The highest BCUT2D eigenvalue weighted by molar-refractivity contribution is 7.22. The molecule has 6 nitrogen and oxygen atoms in total. The maximum Gasteiger partial charge on any atom is 0.266 e. The van der Waals surface area contributed by atoms with E-state index in [0.717, 1.165) is 35.6 Å². The molecule has 0 N–H and O–H groups in total. The van der Waals surface area contributed by atoms with Crippen LogP contribution in [0, 0.1) is 5.82 Å². The Labute approximate surface area is 179 Å². The minimum Gasteiger partial charge on any atom is -0.497 e. The van der Waals surface area contributed by atoms with Gasteiger partial charge in [0.2, 0.25) is 0 Å². The van der Waals surface area contributed by atoms with Gasteiger partial charge in [0.1, 0.15) is 17.3 Å². The summed E-state index contributed by atoms with van der Waals surface area (Å²) in [4.78, 5) is 21.6. The average molecular weight is 432 g/mol. The minimum absolute atomic E-state index is 0.150. The van der Waals surface area contributed by atoms with Crippen LogP contribution in [0.3, 0.4) is 0 Å². The zero-order chi connectivity index (χ0) is 21.5. The Morgan fingerprint density at radius 2 is 1.77 bits per heavy atom. The molecular weight excluding hydrogens is 405 g/mol. The van der Waals surface area contributed by atoms with Crippen molar-refractivity contribution < 1.29 is 18.7 Å². The van der Waals surface area contributed by atoms with Gasteiger partial charge in [-0.15, -0.1) is 0 Å². The van der Waals surface area contributed by atoms with Crippen molar-refractivity contribution in [2.24, 2.45) is 0 Å². The largest absolute Gasteiger partial charge is 0.497 e. The minimum atomic E-state index is -0.348. The first kappa shape index (κ1) is 22.0. The fourth-order valence-electron chi connectivity index (χ4n) is 3.00. The molecule has 1 aromatic heterocycles. The first-order chi connectivity index (χ1) is 14.5. The lowest BCUT2D eigenvalue weighted by atomic mass is 10.3. The molecule has 0 bridgehead atoms. The number of likely N-dealkylation sites (N-methyl/N-ethyl adjacent to an activating group) is 1. The number of nitrogens with zero attached hydrogens (tertiary/aromatic N) is 3. The van der Waals surface area contributed by atoms with Crippen molar-refractivity contribution in [3.63, 3.8) is 0 Å². The average Bonchev–Trinajstić information content (AvgIpc) is 3.19. The van der Waals surface area contributed by atoms with E-state index in [1.54, 1.807) is 12.0 Å². The van der Waals surface area contributed by atoms with Crippen LogP contribution in [0.2, 0.25) is 0 Å². The number of amides is 1. The van der Waals surface area contributed by atoms with E-state index in [0.29, 0.717) is 17.4 Å². The van der Waals surface area contributed by atoms with Crippen molar-refractivity contribution in [2.45, 2.75) is 13.8 Å². The lowest BCUT2D eigenvalue weighted by Crippen LogP contribution is -2.41. The van der Waals surface area contributed by atoms with Crippen molar-refractivity contribution >= 4 is 32.6 Å². The van der Waals surface area contributed by atoms with Gasteiger partial charge in [-0.3, -0.25) is 9.69 Å². The molecule has 0 saturated heterocycles. The van der Waals surface area contributed by atoms with Crippen LogP contribution in [0.4, 0.5) is 9.52 Å². The summed E-state index contributed by atoms with van der Waals surface area (Å²) in [7, 11) is 1.62. The van der Waals surface area contributed by atoms with Gasteiger partial charge in [-0.1, -0.05) is 25.2 Å². The zero-order valence-corrected chi connectivity index (χ0v) is 18.2. The van der Waals surface area contributed by atoms with Crippen molar-refractivity contribution in [3.8, 4) is 11.5 Å². The number of rotatable bonds is 10. The smallest absolute Gasteiger partial charge is 0.266 e. The number of methoxy groups -OCH3 is 1. The summed E-state index contributed by atoms with van der Waals surface area (Å²) >= 11 is 1.44. The van der Waals surface area contributed by atoms with Gasteiger partial charge < -0.3 is 14.4 Å².